The SMILES string of the molecule is CCNc1cncc(NCC(O)C2CC2)n1. The zero-order chi connectivity index (χ0) is 11.4. The fraction of sp³-hybridized carbons (Fsp3) is 0.636. The van der Waals surface area contributed by atoms with Gasteiger partial charge in [0.1, 0.15) is 11.6 Å². The standard InChI is InChI=1S/C11H18N4O/c1-2-13-10-6-12-7-11(15-10)14-5-9(16)8-3-4-8/h6-9,16H,2-5H2,1H3,(H2,13,14,15). The van der Waals surface area contributed by atoms with E-state index >= 15 is 0 Å². The molecule has 1 atom stereocenters. The van der Waals surface area contributed by atoms with E-state index in [2.05, 4.69) is 20.6 Å². The fourth-order valence-corrected chi connectivity index (χ4v) is 1.57. The van der Waals surface area contributed by atoms with E-state index in [0.717, 1.165) is 25.2 Å². The Labute approximate surface area is 95.3 Å². The minimum absolute atomic E-state index is 0.260. The van der Waals surface area contributed by atoms with E-state index in [4.69, 9.17) is 0 Å². The molecule has 1 heterocycles. The quantitative estimate of drug-likeness (QED) is 0.672. The van der Waals surface area contributed by atoms with Gasteiger partial charge in [-0.15, -0.1) is 0 Å². The molecule has 1 fully saturated rings. The molecule has 0 amide bonds. The molecule has 16 heavy (non-hydrogen) atoms. The van der Waals surface area contributed by atoms with E-state index in [9.17, 15) is 5.11 Å². The summed E-state index contributed by atoms with van der Waals surface area (Å²) in [6, 6.07) is 0. The lowest BCUT2D eigenvalue weighted by atomic mass is 10.2. The molecular formula is C11H18N4O. The lowest BCUT2D eigenvalue weighted by Gasteiger charge is -2.11. The van der Waals surface area contributed by atoms with Crippen molar-refractivity contribution < 1.29 is 5.11 Å². The minimum atomic E-state index is -0.260. The van der Waals surface area contributed by atoms with Gasteiger partial charge in [-0.05, 0) is 25.7 Å². The number of hydrogen-bond acceptors (Lipinski definition) is 5. The number of hydrogen-bond donors (Lipinski definition) is 3. The highest BCUT2D eigenvalue weighted by molar-refractivity contribution is 5.41. The first-order valence-electron chi connectivity index (χ1n) is 5.77. The van der Waals surface area contributed by atoms with Crippen LogP contribution in [-0.2, 0) is 0 Å². The Morgan fingerprint density at radius 1 is 1.38 bits per heavy atom. The summed E-state index contributed by atoms with van der Waals surface area (Å²) in [4.78, 5) is 8.39. The topological polar surface area (TPSA) is 70.1 Å². The molecular weight excluding hydrogens is 204 g/mol. The summed E-state index contributed by atoms with van der Waals surface area (Å²) in [5.74, 6) is 1.95. The van der Waals surface area contributed by atoms with Crippen LogP contribution in [0.3, 0.4) is 0 Å². The van der Waals surface area contributed by atoms with Gasteiger partial charge in [0.05, 0.1) is 18.5 Å². The molecule has 1 aromatic heterocycles. The maximum atomic E-state index is 9.70. The van der Waals surface area contributed by atoms with Crippen molar-refractivity contribution in [2.24, 2.45) is 5.92 Å². The van der Waals surface area contributed by atoms with Crippen molar-refractivity contribution in [1.29, 1.82) is 0 Å². The average Bonchev–Trinajstić information content (AvgIpc) is 3.11. The molecule has 0 aliphatic heterocycles. The molecule has 1 aliphatic carbocycles. The predicted molar refractivity (Wildman–Crippen MR) is 63.4 cm³/mol. The molecule has 3 N–H and O–H groups in total. The van der Waals surface area contributed by atoms with E-state index in [1.54, 1.807) is 12.4 Å². The highest BCUT2D eigenvalue weighted by atomic mass is 16.3. The van der Waals surface area contributed by atoms with Crippen molar-refractivity contribution in [2.75, 3.05) is 23.7 Å². The fourth-order valence-electron chi connectivity index (χ4n) is 1.57. The van der Waals surface area contributed by atoms with Gasteiger partial charge in [0, 0.05) is 13.1 Å². The van der Waals surface area contributed by atoms with Crippen LogP contribution in [0.4, 0.5) is 11.6 Å². The molecule has 0 aromatic carbocycles. The van der Waals surface area contributed by atoms with Gasteiger partial charge in [-0.25, -0.2) is 4.98 Å². The molecule has 1 unspecified atom stereocenters. The molecule has 2 rings (SSSR count). The van der Waals surface area contributed by atoms with Crippen LogP contribution in [0.15, 0.2) is 12.4 Å². The van der Waals surface area contributed by atoms with Gasteiger partial charge in [0.25, 0.3) is 0 Å². The second-order valence-electron chi connectivity index (χ2n) is 4.11. The van der Waals surface area contributed by atoms with Crippen LogP contribution in [0, 0.1) is 5.92 Å². The molecule has 5 nitrogen and oxygen atoms in total. The van der Waals surface area contributed by atoms with Crippen LogP contribution >= 0.6 is 0 Å². The van der Waals surface area contributed by atoms with Gasteiger partial charge in [-0.2, -0.15) is 0 Å². The number of nitrogens with one attached hydrogen (secondary N) is 2. The molecule has 0 saturated heterocycles. The van der Waals surface area contributed by atoms with E-state index < -0.39 is 0 Å². The number of rotatable bonds is 6. The maximum Gasteiger partial charge on any atom is 0.147 e. The first kappa shape index (κ1) is 11.1. The van der Waals surface area contributed by atoms with E-state index in [1.807, 2.05) is 6.92 Å². The van der Waals surface area contributed by atoms with Crippen molar-refractivity contribution >= 4 is 11.6 Å². The number of anilines is 2. The molecule has 88 valence electrons. The maximum absolute atomic E-state index is 9.70. The van der Waals surface area contributed by atoms with Crippen LogP contribution in [0.1, 0.15) is 19.8 Å². The van der Waals surface area contributed by atoms with Gasteiger partial charge < -0.3 is 15.7 Å². The van der Waals surface area contributed by atoms with E-state index in [-0.39, 0.29) is 6.10 Å². The summed E-state index contributed by atoms with van der Waals surface area (Å²) in [6.07, 6.45) is 5.38. The molecule has 1 saturated carbocycles. The Balaban J connectivity index is 1.85. The average molecular weight is 222 g/mol. The normalized spacial score (nSPS) is 16.9. The van der Waals surface area contributed by atoms with Crippen molar-refractivity contribution in [3.63, 3.8) is 0 Å². The predicted octanol–water partition coefficient (Wildman–Crippen LogP) is 1.09. The summed E-state index contributed by atoms with van der Waals surface area (Å²) in [7, 11) is 0. The number of aliphatic hydroxyl groups excluding tert-OH is 1. The van der Waals surface area contributed by atoms with Crippen molar-refractivity contribution in [3.05, 3.63) is 12.4 Å². The summed E-state index contributed by atoms with van der Waals surface area (Å²) in [6.45, 7) is 3.39. The monoisotopic (exact) mass is 222 g/mol. The third-order valence-corrected chi connectivity index (χ3v) is 2.65. The van der Waals surface area contributed by atoms with Crippen LogP contribution in [0.5, 0.6) is 0 Å². The second-order valence-corrected chi connectivity index (χ2v) is 4.11. The summed E-state index contributed by atoms with van der Waals surface area (Å²) in [5.41, 5.74) is 0. The van der Waals surface area contributed by atoms with Gasteiger partial charge in [0.15, 0.2) is 0 Å². The van der Waals surface area contributed by atoms with E-state index in [0.29, 0.717) is 18.3 Å². The van der Waals surface area contributed by atoms with Crippen molar-refractivity contribution in [3.8, 4) is 0 Å². The minimum Gasteiger partial charge on any atom is -0.391 e. The summed E-state index contributed by atoms with van der Waals surface area (Å²) in [5, 5.41) is 15.9. The lowest BCUT2D eigenvalue weighted by Crippen LogP contribution is -2.22. The van der Waals surface area contributed by atoms with Crippen LogP contribution in [0.2, 0.25) is 0 Å². The Morgan fingerprint density at radius 3 is 2.69 bits per heavy atom. The third-order valence-electron chi connectivity index (χ3n) is 2.65. The van der Waals surface area contributed by atoms with Gasteiger partial charge in [-0.3, -0.25) is 4.98 Å². The number of aliphatic hydroxyl groups is 1. The second kappa shape index (κ2) is 5.12. The van der Waals surface area contributed by atoms with Gasteiger partial charge >= 0.3 is 0 Å². The Morgan fingerprint density at radius 2 is 2.06 bits per heavy atom. The molecule has 1 aliphatic rings. The van der Waals surface area contributed by atoms with Crippen LogP contribution in [0.25, 0.3) is 0 Å². The Bertz CT molecular complexity index is 341. The Kier molecular flexibility index (Phi) is 3.56. The molecule has 1 aromatic rings. The zero-order valence-corrected chi connectivity index (χ0v) is 9.48. The van der Waals surface area contributed by atoms with Gasteiger partial charge in [-0.1, -0.05) is 0 Å². The molecule has 5 heteroatoms. The number of nitrogens with zero attached hydrogens (tertiary/aromatic N) is 2. The zero-order valence-electron chi connectivity index (χ0n) is 9.48. The first-order valence-corrected chi connectivity index (χ1v) is 5.77. The molecule has 0 spiro atoms. The summed E-state index contributed by atoms with van der Waals surface area (Å²) >= 11 is 0. The number of aromatic nitrogens is 2. The highest BCUT2D eigenvalue weighted by Gasteiger charge is 2.29. The first-order chi connectivity index (χ1) is 7.79. The summed E-state index contributed by atoms with van der Waals surface area (Å²) < 4.78 is 0. The lowest BCUT2D eigenvalue weighted by molar-refractivity contribution is 0.164. The van der Waals surface area contributed by atoms with Crippen LogP contribution in [-0.4, -0.2) is 34.3 Å². The Hall–Kier alpha value is -1.36. The van der Waals surface area contributed by atoms with E-state index in [1.165, 1.54) is 0 Å². The molecule has 0 radical (unpaired) electrons. The smallest absolute Gasteiger partial charge is 0.147 e. The van der Waals surface area contributed by atoms with Crippen molar-refractivity contribution in [1.82, 2.24) is 9.97 Å². The largest absolute Gasteiger partial charge is 0.391 e. The third kappa shape index (κ3) is 3.06. The highest BCUT2D eigenvalue weighted by Crippen LogP contribution is 2.32. The molecule has 0 bridgehead atoms. The van der Waals surface area contributed by atoms with Crippen molar-refractivity contribution in [2.45, 2.75) is 25.9 Å². The van der Waals surface area contributed by atoms with Gasteiger partial charge in [0.2, 0.25) is 0 Å². The van der Waals surface area contributed by atoms with Crippen LogP contribution < -0.4 is 10.6 Å².